The van der Waals surface area contributed by atoms with Crippen LogP contribution in [0.4, 0.5) is 4.79 Å². The van der Waals surface area contributed by atoms with Crippen LogP contribution in [0.25, 0.3) is 0 Å². The van der Waals surface area contributed by atoms with Gasteiger partial charge in [0.25, 0.3) is 0 Å². The maximum absolute atomic E-state index is 12.2. The largest absolute Gasteiger partial charge is 0.544 e. The second kappa shape index (κ2) is 6.06. The Morgan fingerprint density at radius 2 is 2.04 bits per heavy atom. The average molecular weight is 358 g/mol. The van der Waals surface area contributed by atoms with E-state index in [1.807, 2.05) is 12.1 Å². The Balaban J connectivity index is 1.75. The van der Waals surface area contributed by atoms with Gasteiger partial charge in [-0.3, -0.25) is 4.90 Å². The fourth-order valence-electron chi connectivity index (χ4n) is 3.11. The highest BCUT2D eigenvalue weighted by Gasteiger charge is 2.46. The molecule has 1 heterocycles. The van der Waals surface area contributed by atoms with E-state index in [9.17, 15) is 4.79 Å². The van der Waals surface area contributed by atoms with Gasteiger partial charge in [0.05, 0.1) is 5.76 Å². The van der Waals surface area contributed by atoms with Gasteiger partial charge in [-0.1, -0.05) is 51.6 Å². The monoisotopic (exact) mass is 357 g/mol. The minimum absolute atomic E-state index is 0.0550. The molecular weight excluding hydrogens is 330 g/mol. The van der Waals surface area contributed by atoms with E-state index in [-0.39, 0.29) is 23.3 Å². The van der Waals surface area contributed by atoms with Crippen molar-refractivity contribution in [3.8, 4) is 0 Å². The molecule has 134 valence electrons. The van der Waals surface area contributed by atoms with Crippen molar-refractivity contribution < 1.29 is 14.0 Å². The molecule has 1 saturated heterocycles. The molecule has 0 N–H and O–H groups in total. The standard InChI is InChI=1S/C20H27NO3Si/c1-14(24-25(5,6)20(2,3)4)11-12-21-18-16-10-8-7-9-15(16)13-17(18)23-19(21)22/h7-12,17-18H,1,13H2,2-6H3/b12-11+/t17-,18+/m0/s1. The van der Waals surface area contributed by atoms with Crippen molar-refractivity contribution in [3.05, 3.63) is 60.0 Å². The molecule has 0 spiro atoms. The lowest BCUT2D eigenvalue weighted by molar-refractivity contribution is 0.134. The van der Waals surface area contributed by atoms with Gasteiger partial charge in [-0.05, 0) is 35.3 Å². The van der Waals surface area contributed by atoms with Gasteiger partial charge in [-0.25, -0.2) is 4.79 Å². The summed E-state index contributed by atoms with van der Waals surface area (Å²) in [6.45, 7) is 14.9. The van der Waals surface area contributed by atoms with E-state index in [0.29, 0.717) is 5.76 Å². The fourth-order valence-corrected chi connectivity index (χ4v) is 4.14. The van der Waals surface area contributed by atoms with Crippen molar-refractivity contribution in [1.29, 1.82) is 0 Å². The second-order valence-electron chi connectivity index (χ2n) is 8.32. The van der Waals surface area contributed by atoms with Crippen molar-refractivity contribution in [3.63, 3.8) is 0 Å². The maximum atomic E-state index is 12.2. The molecule has 5 heteroatoms. The van der Waals surface area contributed by atoms with E-state index in [4.69, 9.17) is 9.16 Å². The SMILES string of the molecule is C=C(/C=C/N1C(=O)O[C@H]2Cc3ccccc3[C@H]21)O[Si](C)(C)C(C)(C)C. The molecule has 1 aliphatic heterocycles. The van der Waals surface area contributed by atoms with Crippen molar-refractivity contribution in [2.24, 2.45) is 0 Å². The average Bonchev–Trinajstić information content (AvgIpc) is 2.98. The molecule has 0 radical (unpaired) electrons. The highest BCUT2D eigenvalue weighted by atomic mass is 28.4. The zero-order chi connectivity index (χ0) is 18.4. The lowest BCUT2D eigenvalue weighted by Gasteiger charge is -2.36. The molecule has 0 bridgehead atoms. The first kappa shape index (κ1) is 17.8. The van der Waals surface area contributed by atoms with Gasteiger partial charge < -0.3 is 9.16 Å². The van der Waals surface area contributed by atoms with E-state index in [1.165, 1.54) is 11.1 Å². The zero-order valence-electron chi connectivity index (χ0n) is 15.7. The van der Waals surface area contributed by atoms with Gasteiger partial charge in [-0.15, -0.1) is 0 Å². The number of benzene rings is 1. The molecule has 1 amide bonds. The van der Waals surface area contributed by atoms with Gasteiger partial charge in [0, 0.05) is 12.6 Å². The Morgan fingerprint density at radius 3 is 2.72 bits per heavy atom. The number of nitrogens with zero attached hydrogens (tertiary/aromatic N) is 1. The quantitative estimate of drug-likeness (QED) is 0.425. The van der Waals surface area contributed by atoms with Crippen LogP contribution in [0.15, 0.2) is 48.9 Å². The lowest BCUT2D eigenvalue weighted by Crippen LogP contribution is -2.40. The van der Waals surface area contributed by atoms with Crippen LogP contribution < -0.4 is 0 Å². The molecule has 1 aliphatic carbocycles. The Bertz CT molecular complexity index is 733. The number of ether oxygens (including phenoxy) is 1. The van der Waals surface area contributed by atoms with Gasteiger partial charge in [-0.2, -0.15) is 0 Å². The zero-order valence-corrected chi connectivity index (χ0v) is 16.7. The van der Waals surface area contributed by atoms with Crippen molar-refractivity contribution in [1.82, 2.24) is 4.90 Å². The van der Waals surface area contributed by atoms with E-state index in [0.717, 1.165) is 6.42 Å². The Hall–Kier alpha value is -2.01. The second-order valence-corrected chi connectivity index (χ2v) is 13.0. The normalized spacial score (nSPS) is 22.8. The topological polar surface area (TPSA) is 38.8 Å². The van der Waals surface area contributed by atoms with Crippen LogP contribution in [0.5, 0.6) is 0 Å². The van der Waals surface area contributed by atoms with Crippen molar-refractivity contribution in [2.75, 3.05) is 0 Å². The summed E-state index contributed by atoms with van der Waals surface area (Å²) < 4.78 is 11.7. The predicted molar refractivity (Wildman–Crippen MR) is 102 cm³/mol. The first-order chi connectivity index (χ1) is 11.6. The molecule has 25 heavy (non-hydrogen) atoms. The molecule has 1 aromatic carbocycles. The molecule has 0 saturated carbocycles. The van der Waals surface area contributed by atoms with Gasteiger partial charge >= 0.3 is 6.09 Å². The fraction of sp³-hybridized carbons (Fsp3) is 0.450. The first-order valence-electron chi connectivity index (χ1n) is 8.73. The third-order valence-electron chi connectivity index (χ3n) is 5.52. The summed E-state index contributed by atoms with van der Waals surface area (Å²) in [5.74, 6) is 0.592. The number of rotatable bonds is 4. The van der Waals surface area contributed by atoms with Crippen molar-refractivity contribution in [2.45, 2.75) is 57.5 Å². The molecule has 2 atom stereocenters. The van der Waals surface area contributed by atoms with E-state index >= 15 is 0 Å². The number of fused-ring (bicyclic) bond motifs is 3. The number of carbonyl (C=O) groups excluding carboxylic acids is 1. The van der Waals surface area contributed by atoms with Crippen LogP contribution in [0, 0.1) is 0 Å². The molecule has 2 aliphatic rings. The van der Waals surface area contributed by atoms with Gasteiger partial charge in [0.1, 0.15) is 12.1 Å². The lowest BCUT2D eigenvalue weighted by atomic mass is 10.1. The van der Waals surface area contributed by atoms with Gasteiger partial charge in [0.2, 0.25) is 8.32 Å². The molecule has 1 aromatic rings. The Kier molecular flexibility index (Phi) is 4.31. The van der Waals surface area contributed by atoms with Crippen LogP contribution in [0.2, 0.25) is 18.1 Å². The summed E-state index contributed by atoms with van der Waals surface area (Å²) in [5.41, 5.74) is 2.42. The smallest absolute Gasteiger partial charge is 0.414 e. The third-order valence-corrected chi connectivity index (χ3v) is 9.91. The van der Waals surface area contributed by atoms with E-state index in [2.05, 4.69) is 52.6 Å². The first-order valence-corrected chi connectivity index (χ1v) is 11.6. The number of hydrogen-bond donors (Lipinski definition) is 0. The number of hydrogen-bond acceptors (Lipinski definition) is 3. The minimum Gasteiger partial charge on any atom is -0.544 e. The number of carbonyl (C=O) groups is 1. The summed E-state index contributed by atoms with van der Waals surface area (Å²) in [5, 5.41) is 0.103. The van der Waals surface area contributed by atoms with Gasteiger partial charge in [0.15, 0.2) is 0 Å². The molecule has 0 unspecified atom stereocenters. The summed E-state index contributed by atoms with van der Waals surface area (Å²) >= 11 is 0. The van der Waals surface area contributed by atoms with Crippen LogP contribution in [0.1, 0.15) is 37.9 Å². The summed E-state index contributed by atoms with van der Waals surface area (Å²) in [4.78, 5) is 13.9. The molecule has 3 rings (SSSR count). The number of amides is 1. The minimum atomic E-state index is -1.93. The molecular formula is C20H27NO3Si. The van der Waals surface area contributed by atoms with Crippen LogP contribution in [0.3, 0.4) is 0 Å². The molecule has 1 fully saturated rings. The highest BCUT2D eigenvalue weighted by Crippen LogP contribution is 2.43. The van der Waals surface area contributed by atoms with Crippen LogP contribution in [-0.2, 0) is 15.6 Å². The van der Waals surface area contributed by atoms with E-state index < -0.39 is 8.32 Å². The van der Waals surface area contributed by atoms with Crippen LogP contribution >= 0.6 is 0 Å². The third kappa shape index (κ3) is 3.25. The highest BCUT2D eigenvalue weighted by molar-refractivity contribution is 6.74. The molecule has 0 aromatic heterocycles. The Morgan fingerprint density at radius 1 is 1.36 bits per heavy atom. The maximum Gasteiger partial charge on any atom is 0.414 e. The summed E-state index contributed by atoms with van der Waals surface area (Å²) in [6, 6.07) is 8.15. The summed E-state index contributed by atoms with van der Waals surface area (Å²) in [7, 11) is -1.93. The predicted octanol–water partition coefficient (Wildman–Crippen LogP) is 5.15. The molecule has 4 nitrogen and oxygen atoms in total. The number of allylic oxidation sites excluding steroid dienone is 1. The Labute approximate surface area is 151 Å². The van der Waals surface area contributed by atoms with Crippen molar-refractivity contribution >= 4 is 14.4 Å². The summed E-state index contributed by atoms with van der Waals surface area (Å²) in [6.07, 6.45) is 3.90. The van der Waals surface area contributed by atoms with E-state index in [1.54, 1.807) is 17.2 Å². The van der Waals surface area contributed by atoms with Crippen LogP contribution in [-0.4, -0.2) is 25.4 Å².